The number of nitrogens with one attached hydrogen (secondary N) is 1. The Morgan fingerprint density at radius 3 is 2.33 bits per heavy atom. The third kappa shape index (κ3) is 3.35. The Hall–Kier alpha value is -0.820. The molecule has 0 radical (unpaired) electrons. The third-order valence-corrected chi connectivity index (χ3v) is 4.43. The van der Waals surface area contributed by atoms with E-state index in [0.717, 1.165) is 12.5 Å². The molecule has 0 bridgehead atoms. The molecule has 1 heteroatoms. The summed E-state index contributed by atoms with van der Waals surface area (Å²) in [5, 5.41) is 3.30. The maximum Gasteiger partial charge on any atom is 0.00170 e. The number of benzene rings is 1. The molecule has 1 fully saturated rings. The van der Waals surface area contributed by atoms with Gasteiger partial charge in [0.15, 0.2) is 0 Å². The van der Waals surface area contributed by atoms with E-state index in [1.165, 1.54) is 44.1 Å². The molecule has 100 valence electrons. The average Bonchev–Trinajstić information content (AvgIpc) is 2.46. The lowest BCUT2D eigenvalue weighted by Gasteiger charge is -2.23. The molecule has 1 nitrogen and oxygen atoms in total. The van der Waals surface area contributed by atoms with Crippen LogP contribution in [0.25, 0.3) is 0 Å². The van der Waals surface area contributed by atoms with Crippen LogP contribution in [0.15, 0.2) is 24.3 Å². The molecule has 1 aromatic rings. The zero-order valence-electron chi connectivity index (χ0n) is 11.9. The summed E-state index contributed by atoms with van der Waals surface area (Å²) in [7, 11) is 2.04. The zero-order valence-corrected chi connectivity index (χ0v) is 11.9. The van der Waals surface area contributed by atoms with Crippen LogP contribution < -0.4 is 5.32 Å². The lowest BCUT2D eigenvalue weighted by molar-refractivity contribution is 0.443. The Bertz CT molecular complexity index is 311. The van der Waals surface area contributed by atoms with Crippen LogP contribution >= 0.6 is 0 Å². The molecule has 1 aliphatic rings. The van der Waals surface area contributed by atoms with Crippen molar-refractivity contribution in [1.29, 1.82) is 0 Å². The molecule has 0 heterocycles. The van der Waals surface area contributed by atoms with Crippen LogP contribution in [0.3, 0.4) is 0 Å². The summed E-state index contributed by atoms with van der Waals surface area (Å²) in [4.78, 5) is 0. The summed E-state index contributed by atoms with van der Waals surface area (Å²) < 4.78 is 0. The van der Waals surface area contributed by atoms with Crippen LogP contribution in [0.5, 0.6) is 0 Å². The fourth-order valence-corrected chi connectivity index (χ4v) is 3.22. The molecule has 0 spiro atoms. The summed E-state index contributed by atoms with van der Waals surface area (Å²) in [6.07, 6.45) is 8.28. The first-order valence-electron chi connectivity index (χ1n) is 7.59. The Kier molecular flexibility index (Phi) is 5.25. The predicted octanol–water partition coefficient (Wildman–Crippen LogP) is 4.45. The Morgan fingerprint density at radius 1 is 1.11 bits per heavy atom. The van der Waals surface area contributed by atoms with E-state index in [-0.39, 0.29) is 0 Å². The first-order valence-corrected chi connectivity index (χ1v) is 7.59. The highest BCUT2D eigenvalue weighted by Crippen LogP contribution is 2.33. The van der Waals surface area contributed by atoms with Crippen molar-refractivity contribution in [3.05, 3.63) is 35.4 Å². The first kappa shape index (κ1) is 13.6. The van der Waals surface area contributed by atoms with Crippen LogP contribution in [0.1, 0.15) is 68.4 Å². The molecule has 1 N–H and O–H groups in total. The Morgan fingerprint density at radius 2 is 1.78 bits per heavy atom. The minimum absolute atomic E-state index is 0.662. The van der Waals surface area contributed by atoms with Gasteiger partial charge < -0.3 is 5.32 Å². The van der Waals surface area contributed by atoms with E-state index in [4.69, 9.17) is 0 Å². The molecule has 0 aliphatic heterocycles. The fourth-order valence-electron chi connectivity index (χ4n) is 3.22. The molecule has 1 atom stereocenters. The number of hydrogen-bond donors (Lipinski definition) is 1. The standard InChI is InChI=1S/C17H27N/c1-3-14(13-18-2)16-9-11-17(12-10-16)15-7-5-4-6-8-15/h9-12,14-15,18H,3-8,13H2,1-2H3. The van der Waals surface area contributed by atoms with Gasteiger partial charge in [-0.2, -0.15) is 0 Å². The Balaban J connectivity index is 2.03. The quantitative estimate of drug-likeness (QED) is 0.808. The summed E-state index contributed by atoms with van der Waals surface area (Å²) >= 11 is 0. The van der Waals surface area contributed by atoms with E-state index >= 15 is 0 Å². The predicted molar refractivity (Wildman–Crippen MR) is 79.2 cm³/mol. The second-order valence-corrected chi connectivity index (χ2v) is 5.66. The van der Waals surface area contributed by atoms with Crippen molar-refractivity contribution in [3.8, 4) is 0 Å². The summed E-state index contributed by atoms with van der Waals surface area (Å²) in [6.45, 7) is 3.36. The van der Waals surface area contributed by atoms with Crippen molar-refractivity contribution < 1.29 is 0 Å². The van der Waals surface area contributed by atoms with E-state index in [9.17, 15) is 0 Å². The highest BCUT2D eigenvalue weighted by Gasteiger charge is 2.16. The van der Waals surface area contributed by atoms with Crippen molar-refractivity contribution in [1.82, 2.24) is 5.32 Å². The smallest absolute Gasteiger partial charge is 0.00170 e. The van der Waals surface area contributed by atoms with Gasteiger partial charge in [0.25, 0.3) is 0 Å². The van der Waals surface area contributed by atoms with Crippen molar-refractivity contribution >= 4 is 0 Å². The van der Waals surface area contributed by atoms with Crippen LogP contribution in [-0.2, 0) is 0 Å². The monoisotopic (exact) mass is 245 g/mol. The third-order valence-electron chi connectivity index (χ3n) is 4.43. The van der Waals surface area contributed by atoms with Crippen molar-refractivity contribution in [2.45, 2.75) is 57.3 Å². The molecular weight excluding hydrogens is 218 g/mol. The summed E-state index contributed by atoms with van der Waals surface area (Å²) in [5.74, 6) is 1.49. The van der Waals surface area contributed by atoms with E-state index in [1.807, 2.05) is 7.05 Å². The van der Waals surface area contributed by atoms with Gasteiger partial charge in [0.2, 0.25) is 0 Å². The van der Waals surface area contributed by atoms with Crippen molar-refractivity contribution in [3.63, 3.8) is 0 Å². The number of rotatable bonds is 5. The average molecular weight is 245 g/mol. The van der Waals surface area contributed by atoms with Gasteiger partial charge in [-0.25, -0.2) is 0 Å². The second kappa shape index (κ2) is 6.94. The molecule has 1 aliphatic carbocycles. The molecule has 0 saturated heterocycles. The second-order valence-electron chi connectivity index (χ2n) is 5.66. The van der Waals surface area contributed by atoms with Crippen molar-refractivity contribution in [2.75, 3.05) is 13.6 Å². The first-order chi connectivity index (χ1) is 8.85. The van der Waals surface area contributed by atoms with Gasteiger partial charge in [0, 0.05) is 6.54 Å². The van der Waals surface area contributed by atoms with Crippen LogP contribution in [0.2, 0.25) is 0 Å². The maximum absolute atomic E-state index is 3.30. The highest BCUT2D eigenvalue weighted by molar-refractivity contribution is 5.28. The Labute approximate surface area is 112 Å². The lowest BCUT2D eigenvalue weighted by atomic mass is 9.83. The van der Waals surface area contributed by atoms with Gasteiger partial charge in [0.05, 0.1) is 0 Å². The van der Waals surface area contributed by atoms with Crippen LogP contribution in [0, 0.1) is 0 Å². The fraction of sp³-hybridized carbons (Fsp3) is 0.647. The number of hydrogen-bond acceptors (Lipinski definition) is 1. The van der Waals surface area contributed by atoms with Crippen molar-refractivity contribution in [2.24, 2.45) is 0 Å². The molecular formula is C17H27N. The van der Waals surface area contributed by atoms with Gasteiger partial charge in [-0.1, -0.05) is 50.5 Å². The minimum atomic E-state index is 0.662. The molecule has 1 saturated carbocycles. The summed E-state index contributed by atoms with van der Waals surface area (Å²) in [6, 6.07) is 9.47. The lowest BCUT2D eigenvalue weighted by Crippen LogP contribution is -2.16. The normalized spacial score (nSPS) is 18.8. The molecule has 1 unspecified atom stereocenters. The molecule has 18 heavy (non-hydrogen) atoms. The molecule has 0 aromatic heterocycles. The van der Waals surface area contributed by atoms with Crippen LogP contribution in [-0.4, -0.2) is 13.6 Å². The van der Waals surface area contributed by atoms with Gasteiger partial charge in [0.1, 0.15) is 0 Å². The minimum Gasteiger partial charge on any atom is -0.319 e. The highest BCUT2D eigenvalue weighted by atomic mass is 14.8. The maximum atomic E-state index is 3.30. The van der Waals surface area contributed by atoms with Gasteiger partial charge >= 0.3 is 0 Å². The van der Waals surface area contributed by atoms with Gasteiger partial charge in [-0.05, 0) is 49.3 Å². The number of likely N-dealkylation sites (N-methyl/N-ethyl adjacent to an activating group) is 1. The van der Waals surface area contributed by atoms with E-state index in [1.54, 1.807) is 5.56 Å². The SMILES string of the molecule is CCC(CNC)c1ccc(C2CCCCC2)cc1. The largest absolute Gasteiger partial charge is 0.319 e. The zero-order chi connectivity index (χ0) is 12.8. The van der Waals surface area contributed by atoms with Gasteiger partial charge in [-0.15, -0.1) is 0 Å². The van der Waals surface area contributed by atoms with E-state index < -0.39 is 0 Å². The summed E-state index contributed by atoms with van der Waals surface area (Å²) in [5.41, 5.74) is 3.06. The van der Waals surface area contributed by atoms with Crippen LogP contribution in [0.4, 0.5) is 0 Å². The van der Waals surface area contributed by atoms with E-state index in [0.29, 0.717) is 5.92 Å². The topological polar surface area (TPSA) is 12.0 Å². The molecule has 2 rings (SSSR count). The molecule has 1 aromatic carbocycles. The van der Waals surface area contributed by atoms with Gasteiger partial charge in [-0.3, -0.25) is 0 Å². The molecule has 0 amide bonds. The van der Waals surface area contributed by atoms with E-state index in [2.05, 4.69) is 36.5 Å².